The van der Waals surface area contributed by atoms with Gasteiger partial charge in [0, 0.05) is 25.5 Å². The Morgan fingerprint density at radius 1 is 1.12 bits per heavy atom. The van der Waals surface area contributed by atoms with E-state index in [9.17, 15) is 9.59 Å². The van der Waals surface area contributed by atoms with Gasteiger partial charge in [-0.25, -0.2) is 4.98 Å². The van der Waals surface area contributed by atoms with Crippen molar-refractivity contribution in [2.24, 2.45) is 0 Å². The first kappa shape index (κ1) is 17.4. The van der Waals surface area contributed by atoms with Crippen molar-refractivity contribution < 1.29 is 14.3 Å². The van der Waals surface area contributed by atoms with Crippen LogP contribution in [0, 0.1) is 0 Å². The molecule has 1 aromatic heterocycles. The maximum atomic E-state index is 11.8. The number of aryl methyl sites for hydroxylation is 1. The van der Waals surface area contributed by atoms with Crippen LogP contribution in [0.1, 0.15) is 23.0 Å². The molecule has 2 rings (SSSR count). The zero-order valence-corrected chi connectivity index (χ0v) is 13.5. The Morgan fingerprint density at radius 2 is 1.92 bits per heavy atom. The molecule has 0 fully saturated rings. The Balaban J connectivity index is 1.66. The van der Waals surface area contributed by atoms with Gasteiger partial charge in [-0.2, -0.15) is 0 Å². The summed E-state index contributed by atoms with van der Waals surface area (Å²) in [7, 11) is 0. The lowest BCUT2D eigenvalue weighted by Crippen LogP contribution is -2.37. The van der Waals surface area contributed by atoms with E-state index in [0.29, 0.717) is 18.8 Å². The third kappa shape index (κ3) is 5.35. The predicted molar refractivity (Wildman–Crippen MR) is 88.7 cm³/mol. The molecule has 2 amide bonds. The molecule has 1 aromatic carbocycles. The van der Waals surface area contributed by atoms with Crippen LogP contribution in [0.5, 0.6) is 5.75 Å². The molecule has 7 heteroatoms. The van der Waals surface area contributed by atoms with Gasteiger partial charge in [-0.05, 0) is 18.1 Å². The van der Waals surface area contributed by atoms with Gasteiger partial charge < -0.3 is 15.4 Å². The molecule has 0 aliphatic carbocycles. The Bertz CT molecular complexity index is 677. The summed E-state index contributed by atoms with van der Waals surface area (Å²) in [5.41, 5.74) is 1.30. The van der Waals surface area contributed by atoms with Crippen molar-refractivity contribution in [2.75, 3.05) is 19.7 Å². The molecule has 126 valence electrons. The van der Waals surface area contributed by atoms with Crippen molar-refractivity contribution >= 4 is 11.8 Å². The van der Waals surface area contributed by atoms with Crippen LogP contribution in [0.15, 0.2) is 42.9 Å². The van der Waals surface area contributed by atoms with Crippen LogP contribution in [0.25, 0.3) is 0 Å². The first-order valence-electron chi connectivity index (χ1n) is 7.72. The lowest BCUT2D eigenvalue weighted by atomic mass is 10.1. The quantitative estimate of drug-likeness (QED) is 0.704. The monoisotopic (exact) mass is 328 g/mol. The van der Waals surface area contributed by atoms with Crippen molar-refractivity contribution in [3.05, 3.63) is 54.1 Å². The number of nitrogens with one attached hydrogen (secondary N) is 2. The number of hydrogen-bond donors (Lipinski definition) is 2. The fourth-order valence-corrected chi connectivity index (χ4v) is 2.02. The third-order valence-corrected chi connectivity index (χ3v) is 3.24. The van der Waals surface area contributed by atoms with Crippen LogP contribution in [0.2, 0.25) is 0 Å². The zero-order chi connectivity index (χ0) is 17.2. The Hall–Kier alpha value is -2.96. The molecule has 1 heterocycles. The standard InChI is InChI=1S/C17H20N4O3/c1-2-13-5-3-4-6-15(13)24-12-16(22)20-9-10-21-17(23)14-11-18-7-8-19-14/h3-8,11H,2,9-10,12H2,1H3,(H,20,22)(H,21,23). The molecule has 0 radical (unpaired) electrons. The molecule has 0 unspecified atom stereocenters. The highest BCUT2D eigenvalue weighted by molar-refractivity contribution is 5.91. The average molecular weight is 328 g/mol. The number of nitrogens with zero attached hydrogens (tertiary/aromatic N) is 2. The molecule has 0 saturated carbocycles. The molecule has 0 atom stereocenters. The number of hydrogen-bond acceptors (Lipinski definition) is 5. The number of carbonyl (C=O) groups excluding carboxylic acids is 2. The first-order valence-corrected chi connectivity index (χ1v) is 7.72. The molecule has 0 aliphatic rings. The summed E-state index contributed by atoms with van der Waals surface area (Å²) in [6.45, 7) is 2.58. The number of aromatic nitrogens is 2. The van der Waals surface area contributed by atoms with E-state index in [1.165, 1.54) is 18.6 Å². The zero-order valence-electron chi connectivity index (χ0n) is 13.5. The van der Waals surface area contributed by atoms with Crippen LogP contribution >= 0.6 is 0 Å². The van der Waals surface area contributed by atoms with Crippen LogP contribution in [0.3, 0.4) is 0 Å². The number of amides is 2. The molecule has 0 saturated heterocycles. The van der Waals surface area contributed by atoms with Crippen molar-refractivity contribution in [3.8, 4) is 5.75 Å². The largest absolute Gasteiger partial charge is 0.483 e. The summed E-state index contributed by atoms with van der Waals surface area (Å²) in [5, 5.41) is 5.33. The minimum Gasteiger partial charge on any atom is -0.483 e. The van der Waals surface area contributed by atoms with E-state index < -0.39 is 0 Å². The fourth-order valence-electron chi connectivity index (χ4n) is 2.02. The van der Waals surface area contributed by atoms with Gasteiger partial charge in [0.25, 0.3) is 11.8 Å². The van der Waals surface area contributed by atoms with Crippen molar-refractivity contribution in [2.45, 2.75) is 13.3 Å². The number of carbonyl (C=O) groups is 2. The van der Waals surface area contributed by atoms with E-state index in [4.69, 9.17) is 4.74 Å². The Morgan fingerprint density at radius 3 is 2.67 bits per heavy atom. The van der Waals surface area contributed by atoms with Gasteiger partial charge >= 0.3 is 0 Å². The number of ether oxygens (including phenoxy) is 1. The number of rotatable bonds is 8. The predicted octanol–water partition coefficient (Wildman–Crippen LogP) is 0.964. The van der Waals surface area contributed by atoms with Crippen molar-refractivity contribution in [1.82, 2.24) is 20.6 Å². The van der Waals surface area contributed by atoms with Crippen LogP contribution < -0.4 is 15.4 Å². The second-order valence-corrected chi connectivity index (χ2v) is 4.95. The third-order valence-electron chi connectivity index (χ3n) is 3.24. The summed E-state index contributed by atoms with van der Waals surface area (Å²) < 4.78 is 5.52. The summed E-state index contributed by atoms with van der Waals surface area (Å²) in [5.74, 6) is 0.145. The van der Waals surface area contributed by atoms with Gasteiger partial charge in [-0.1, -0.05) is 25.1 Å². The SMILES string of the molecule is CCc1ccccc1OCC(=O)NCCNC(=O)c1cnccn1. The first-order chi connectivity index (χ1) is 11.7. The molecule has 7 nitrogen and oxygen atoms in total. The summed E-state index contributed by atoms with van der Waals surface area (Å²) in [4.78, 5) is 31.2. The van der Waals surface area contributed by atoms with E-state index in [2.05, 4.69) is 20.6 Å². The second kappa shape index (κ2) is 9.24. The highest BCUT2D eigenvalue weighted by Crippen LogP contribution is 2.17. The molecule has 0 aliphatic heterocycles. The minimum absolute atomic E-state index is 0.0604. The van der Waals surface area contributed by atoms with Gasteiger partial charge in [0.1, 0.15) is 11.4 Å². The molecule has 0 spiro atoms. The molecular weight excluding hydrogens is 308 g/mol. The van der Waals surface area contributed by atoms with Gasteiger partial charge in [-0.15, -0.1) is 0 Å². The fraction of sp³-hybridized carbons (Fsp3) is 0.294. The summed E-state index contributed by atoms with van der Waals surface area (Å²) in [6.07, 6.45) is 5.16. The molecule has 0 bridgehead atoms. The van der Waals surface area contributed by atoms with E-state index in [-0.39, 0.29) is 24.1 Å². The normalized spacial score (nSPS) is 10.0. The lowest BCUT2D eigenvalue weighted by Gasteiger charge is -2.10. The van der Waals surface area contributed by atoms with Crippen LogP contribution in [-0.2, 0) is 11.2 Å². The average Bonchev–Trinajstić information content (AvgIpc) is 2.64. The Kier molecular flexibility index (Phi) is 6.70. The Labute approximate surface area is 140 Å². The highest BCUT2D eigenvalue weighted by atomic mass is 16.5. The summed E-state index contributed by atoms with van der Waals surface area (Å²) >= 11 is 0. The van der Waals surface area contributed by atoms with Crippen LogP contribution in [-0.4, -0.2) is 41.5 Å². The second-order valence-electron chi connectivity index (χ2n) is 4.95. The van der Waals surface area contributed by atoms with E-state index >= 15 is 0 Å². The van der Waals surface area contributed by atoms with Gasteiger partial charge in [0.2, 0.25) is 0 Å². The maximum absolute atomic E-state index is 11.8. The number of para-hydroxylation sites is 1. The van der Waals surface area contributed by atoms with E-state index in [0.717, 1.165) is 12.0 Å². The lowest BCUT2D eigenvalue weighted by molar-refractivity contribution is -0.123. The van der Waals surface area contributed by atoms with Gasteiger partial charge in [0.15, 0.2) is 6.61 Å². The van der Waals surface area contributed by atoms with E-state index in [1.807, 2.05) is 31.2 Å². The smallest absolute Gasteiger partial charge is 0.271 e. The summed E-state index contributed by atoms with van der Waals surface area (Å²) in [6, 6.07) is 7.61. The molecule has 2 N–H and O–H groups in total. The van der Waals surface area contributed by atoms with Gasteiger partial charge in [-0.3, -0.25) is 14.6 Å². The van der Waals surface area contributed by atoms with E-state index in [1.54, 1.807) is 0 Å². The number of benzene rings is 1. The topological polar surface area (TPSA) is 93.2 Å². The highest BCUT2D eigenvalue weighted by Gasteiger charge is 2.07. The van der Waals surface area contributed by atoms with Crippen molar-refractivity contribution in [1.29, 1.82) is 0 Å². The maximum Gasteiger partial charge on any atom is 0.271 e. The van der Waals surface area contributed by atoms with Crippen molar-refractivity contribution in [3.63, 3.8) is 0 Å². The van der Waals surface area contributed by atoms with Crippen LogP contribution in [0.4, 0.5) is 0 Å². The molecule has 2 aromatic rings. The molecule has 24 heavy (non-hydrogen) atoms. The minimum atomic E-state index is -0.328. The molecular formula is C17H20N4O3. The van der Waals surface area contributed by atoms with Gasteiger partial charge in [0.05, 0.1) is 6.20 Å².